The molecular weight excluding hydrogens is 236 g/mol. The highest BCUT2D eigenvalue weighted by molar-refractivity contribution is 6.18. The number of aromatic nitrogens is 1. The summed E-state index contributed by atoms with van der Waals surface area (Å²) < 4.78 is 0. The number of fused-ring (bicyclic) bond motifs is 4. The largest absolute Gasteiger partial charge is 0.294 e. The maximum Gasteiger partial charge on any atom is 0.171 e. The molecule has 0 bridgehead atoms. The van der Waals surface area contributed by atoms with Gasteiger partial charge in [0.15, 0.2) is 5.78 Å². The Morgan fingerprint density at radius 3 is 2.84 bits per heavy atom. The van der Waals surface area contributed by atoms with Gasteiger partial charge in [0.1, 0.15) is 0 Å². The average Bonchev–Trinajstić information content (AvgIpc) is 2.45. The standard InChI is InChI=1S/C16H10N2O/c19-15-7-8-17-14-6-5-13-11(16(14)15)9-10-3-1-2-4-12(10)18-13/h1-6,8-9H,7H2. The molecule has 0 spiro atoms. The minimum atomic E-state index is 0.118. The van der Waals surface area contributed by atoms with Crippen LogP contribution in [-0.2, 0) is 0 Å². The van der Waals surface area contributed by atoms with Gasteiger partial charge in [0, 0.05) is 23.4 Å². The van der Waals surface area contributed by atoms with Crippen LogP contribution >= 0.6 is 0 Å². The molecule has 2 aromatic carbocycles. The summed E-state index contributed by atoms with van der Waals surface area (Å²) in [5.41, 5.74) is 3.25. The monoisotopic (exact) mass is 246 g/mol. The molecule has 0 aliphatic carbocycles. The lowest BCUT2D eigenvalue weighted by atomic mass is 9.97. The summed E-state index contributed by atoms with van der Waals surface area (Å²) in [4.78, 5) is 21.0. The third kappa shape index (κ3) is 1.48. The molecule has 19 heavy (non-hydrogen) atoms. The Morgan fingerprint density at radius 2 is 1.89 bits per heavy atom. The first-order chi connectivity index (χ1) is 9.33. The summed E-state index contributed by atoms with van der Waals surface area (Å²) in [5.74, 6) is 0.118. The van der Waals surface area contributed by atoms with E-state index in [1.54, 1.807) is 6.21 Å². The zero-order valence-electron chi connectivity index (χ0n) is 10.1. The molecule has 1 aliphatic rings. The number of Topliss-reactive ketones (excluding diaryl/α,β-unsaturated/α-hetero) is 1. The summed E-state index contributed by atoms with van der Waals surface area (Å²) in [6.07, 6.45) is 2.05. The van der Waals surface area contributed by atoms with Gasteiger partial charge < -0.3 is 0 Å². The van der Waals surface area contributed by atoms with Crippen LogP contribution in [0.4, 0.5) is 5.69 Å². The van der Waals surface area contributed by atoms with Crippen molar-refractivity contribution in [3.05, 3.63) is 48.0 Å². The molecule has 0 saturated heterocycles. The van der Waals surface area contributed by atoms with Gasteiger partial charge in [0.05, 0.1) is 22.3 Å². The fraction of sp³-hybridized carbons (Fsp3) is 0.0625. The van der Waals surface area contributed by atoms with Crippen molar-refractivity contribution in [3.8, 4) is 0 Å². The summed E-state index contributed by atoms with van der Waals surface area (Å²) >= 11 is 0. The van der Waals surface area contributed by atoms with E-state index in [0.29, 0.717) is 12.0 Å². The fourth-order valence-electron chi connectivity index (χ4n) is 2.57. The molecule has 3 aromatic rings. The van der Waals surface area contributed by atoms with Gasteiger partial charge in [-0.1, -0.05) is 18.2 Å². The second-order valence-electron chi connectivity index (χ2n) is 4.65. The number of carbonyl (C=O) groups is 1. The van der Waals surface area contributed by atoms with Crippen molar-refractivity contribution < 1.29 is 4.79 Å². The lowest BCUT2D eigenvalue weighted by Gasteiger charge is -2.12. The second kappa shape index (κ2) is 3.72. The summed E-state index contributed by atoms with van der Waals surface area (Å²) in [5, 5.41) is 1.95. The van der Waals surface area contributed by atoms with Gasteiger partial charge in [-0.05, 0) is 24.3 Å². The third-order valence-electron chi connectivity index (χ3n) is 3.46. The number of aliphatic imine (C=N–C) groups is 1. The number of rotatable bonds is 0. The highest BCUT2D eigenvalue weighted by Gasteiger charge is 2.18. The molecule has 0 amide bonds. The average molecular weight is 246 g/mol. The highest BCUT2D eigenvalue weighted by Crippen LogP contribution is 2.32. The van der Waals surface area contributed by atoms with Crippen molar-refractivity contribution in [2.24, 2.45) is 4.99 Å². The molecule has 0 N–H and O–H groups in total. The van der Waals surface area contributed by atoms with E-state index in [0.717, 1.165) is 27.5 Å². The van der Waals surface area contributed by atoms with Crippen LogP contribution in [0.2, 0.25) is 0 Å². The predicted octanol–water partition coefficient (Wildman–Crippen LogP) is 3.68. The Hall–Kier alpha value is -2.55. The zero-order valence-corrected chi connectivity index (χ0v) is 10.1. The Morgan fingerprint density at radius 1 is 1.00 bits per heavy atom. The van der Waals surface area contributed by atoms with E-state index in [1.807, 2.05) is 42.5 Å². The normalized spacial score (nSPS) is 14.0. The van der Waals surface area contributed by atoms with Crippen LogP contribution in [0.5, 0.6) is 0 Å². The molecule has 90 valence electrons. The lowest BCUT2D eigenvalue weighted by molar-refractivity contribution is 0.100. The van der Waals surface area contributed by atoms with Crippen LogP contribution in [0, 0.1) is 0 Å². The number of hydrogen-bond donors (Lipinski definition) is 0. The maximum absolute atomic E-state index is 12.1. The molecule has 0 atom stereocenters. The lowest BCUT2D eigenvalue weighted by Crippen LogP contribution is -2.05. The van der Waals surface area contributed by atoms with Crippen LogP contribution in [0.3, 0.4) is 0 Å². The summed E-state index contributed by atoms with van der Waals surface area (Å²) in [6.45, 7) is 0. The van der Waals surface area contributed by atoms with Gasteiger partial charge in [0.25, 0.3) is 0 Å². The molecule has 0 fully saturated rings. The van der Waals surface area contributed by atoms with Crippen LogP contribution < -0.4 is 0 Å². The number of carbonyl (C=O) groups excluding carboxylic acids is 1. The van der Waals surface area contributed by atoms with E-state index in [1.165, 1.54) is 0 Å². The summed E-state index contributed by atoms with van der Waals surface area (Å²) in [7, 11) is 0. The van der Waals surface area contributed by atoms with Gasteiger partial charge in [-0.15, -0.1) is 0 Å². The first-order valence-corrected chi connectivity index (χ1v) is 6.21. The van der Waals surface area contributed by atoms with E-state index >= 15 is 0 Å². The van der Waals surface area contributed by atoms with Crippen LogP contribution in [0.1, 0.15) is 16.8 Å². The van der Waals surface area contributed by atoms with Gasteiger partial charge in [0.2, 0.25) is 0 Å². The smallest absolute Gasteiger partial charge is 0.171 e. The van der Waals surface area contributed by atoms with E-state index in [9.17, 15) is 4.79 Å². The molecule has 2 heterocycles. The molecule has 0 unspecified atom stereocenters. The van der Waals surface area contributed by atoms with Crippen LogP contribution in [0.15, 0.2) is 47.5 Å². The van der Waals surface area contributed by atoms with Crippen molar-refractivity contribution in [2.75, 3.05) is 0 Å². The number of ketones is 1. The molecular formula is C16H10N2O. The van der Waals surface area contributed by atoms with Crippen LogP contribution in [-0.4, -0.2) is 17.0 Å². The van der Waals surface area contributed by atoms with Crippen molar-refractivity contribution in [2.45, 2.75) is 6.42 Å². The third-order valence-corrected chi connectivity index (χ3v) is 3.46. The van der Waals surface area contributed by atoms with E-state index < -0.39 is 0 Å². The Kier molecular flexibility index (Phi) is 2.03. The van der Waals surface area contributed by atoms with Crippen LogP contribution in [0.25, 0.3) is 21.8 Å². The maximum atomic E-state index is 12.1. The predicted molar refractivity (Wildman–Crippen MR) is 76.3 cm³/mol. The SMILES string of the molecule is O=C1CC=Nc2ccc3nc4ccccc4cc3c21. The highest BCUT2D eigenvalue weighted by atomic mass is 16.1. The number of benzene rings is 2. The van der Waals surface area contributed by atoms with Crippen molar-refractivity contribution in [1.82, 2.24) is 4.98 Å². The van der Waals surface area contributed by atoms with Gasteiger partial charge >= 0.3 is 0 Å². The molecule has 0 radical (unpaired) electrons. The molecule has 4 rings (SSSR count). The quantitative estimate of drug-likeness (QED) is 0.568. The Bertz CT molecular complexity index is 865. The fourth-order valence-corrected chi connectivity index (χ4v) is 2.57. The molecule has 1 aromatic heterocycles. The van der Waals surface area contributed by atoms with Crippen molar-refractivity contribution in [1.29, 1.82) is 0 Å². The minimum Gasteiger partial charge on any atom is -0.294 e. The Labute approximate surface area is 109 Å². The molecule has 3 heteroatoms. The second-order valence-corrected chi connectivity index (χ2v) is 4.65. The first kappa shape index (κ1) is 10.4. The van der Waals surface area contributed by atoms with Gasteiger partial charge in [-0.3, -0.25) is 9.79 Å². The van der Waals surface area contributed by atoms with E-state index in [2.05, 4.69) is 9.98 Å². The van der Waals surface area contributed by atoms with Crippen molar-refractivity contribution >= 4 is 39.5 Å². The van der Waals surface area contributed by atoms with Gasteiger partial charge in [-0.25, -0.2) is 4.98 Å². The molecule has 3 nitrogen and oxygen atoms in total. The molecule has 1 aliphatic heterocycles. The number of pyridine rings is 1. The number of nitrogens with zero attached hydrogens (tertiary/aromatic N) is 2. The van der Waals surface area contributed by atoms with Gasteiger partial charge in [-0.2, -0.15) is 0 Å². The van der Waals surface area contributed by atoms with E-state index in [4.69, 9.17) is 0 Å². The topological polar surface area (TPSA) is 42.3 Å². The zero-order chi connectivity index (χ0) is 12.8. The first-order valence-electron chi connectivity index (χ1n) is 6.21. The number of hydrogen-bond acceptors (Lipinski definition) is 3. The summed E-state index contributed by atoms with van der Waals surface area (Å²) in [6, 6.07) is 13.8. The molecule has 0 saturated carbocycles. The van der Waals surface area contributed by atoms with Crippen molar-refractivity contribution in [3.63, 3.8) is 0 Å². The number of para-hydroxylation sites is 1. The Balaban J connectivity index is 2.19. The minimum absolute atomic E-state index is 0.118. The van der Waals surface area contributed by atoms with E-state index in [-0.39, 0.29) is 5.78 Å².